The SMILES string of the molecule is C=CCOCCCC(F)CO. The van der Waals surface area contributed by atoms with Crippen molar-refractivity contribution in [2.45, 2.75) is 19.0 Å². The summed E-state index contributed by atoms with van der Waals surface area (Å²) in [5.41, 5.74) is 0. The summed E-state index contributed by atoms with van der Waals surface area (Å²) in [5.74, 6) is 0. The van der Waals surface area contributed by atoms with Crippen LogP contribution in [0.5, 0.6) is 0 Å². The molecule has 0 fully saturated rings. The fourth-order valence-electron chi connectivity index (χ4n) is 0.665. The van der Waals surface area contributed by atoms with E-state index in [2.05, 4.69) is 6.58 Å². The summed E-state index contributed by atoms with van der Waals surface area (Å²) in [6.07, 6.45) is 1.57. The zero-order chi connectivity index (χ0) is 8.53. The first-order valence-corrected chi connectivity index (χ1v) is 3.74. The molecule has 0 aromatic heterocycles. The molecule has 0 amide bonds. The van der Waals surface area contributed by atoms with Crippen LogP contribution in [0.15, 0.2) is 12.7 Å². The lowest BCUT2D eigenvalue weighted by Gasteiger charge is -2.03. The Morgan fingerprint density at radius 2 is 2.36 bits per heavy atom. The molecule has 0 aliphatic heterocycles. The molecule has 0 aliphatic rings. The van der Waals surface area contributed by atoms with Crippen molar-refractivity contribution >= 4 is 0 Å². The van der Waals surface area contributed by atoms with E-state index in [1.54, 1.807) is 6.08 Å². The Morgan fingerprint density at radius 3 is 2.91 bits per heavy atom. The summed E-state index contributed by atoms with van der Waals surface area (Å²) in [4.78, 5) is 0. The number of halogens is 1. The van der Waals surface area contributed by atoms with Gasteiger partial charge in [0, 0.05) is 6.61 Å². The highest BCUT2D eigenvalue weighted by atomic mass is 19.1. The molecule has 66 valence electrons. The molecule has 2 nitrogen and oxygen atoms in total. The second-order valence-corrected chi connectivity index (χ2v) is 2.29. The van der Waals surface area contributed by atoms with Crippen molar-refractivity contribution in [1.29, 1.82) is 0 Å². The smallest absolute Gasteiger partial charge is 0.123 e. The molecule has 1 unspecified atom stereocenters. The van der Waals surface area contributed by atoms with Gasteiger partial charge in [-0.3, -0.25) is 0 Å². The Bertz CT molecular complexity index is 96.1. The van der Waals surface area contributed by atoms with E-state index in [9.17, 15) is 4.39 Å². The van der Waals surface area contributed by atoms with Crippen LogP contribution in [0.3, 0.4) is 0 Å². The number of hydrogen-bond donors (Lipinski definition) is 1. The van der Waals surface area contributed by atoms with E-state index in [1.807, 2.05) is 0 Å². The first-order valence-electron chi connectivity index (χ1n) is 3.74. The van der Waals surface area contributed by atoms with Gasteiger partial charge in [-0.05, 0) is 12.8 Å². The van der Waals surface area contributed by atoms with Gasteiger partial charge in [-0.1, -0.05) is 6.08 Å². The molecule has 3 heteroatoms. The monoisotopic (exact) mass is 162 g/mol. The molecule has 0 radical (unpaired) electrons. The van der Waals surface area contributed by atoms with Gasteiger partial charge in [-0.2, -0.15) is 0 Å². The number of alkyl halides is 1. The summed E-state index contributed by atoms with van der Waals surface area (Å²) >= 11 is 0. The zero-order valence-electron chi connectivity index (χ0n) is 6.63. The van der Waals surface area contributed by atoms with Crippen LogP contribution in [0.25, 0.3) is 0 Å². The van der Waals surface area contributed by atoms with Crippen LogP contribution in [-0.4, -0.2) is 31.1 Å². The molecule has 0 aromatic rings. The molecule has 0 aromatic carbocycles. The molecule has 1 atom stereocenters. The van der Waals surface area contributed by atoms with Crippen molar-refractivity contribution in [3.63, 3.8) is 0 Å². The molecular weight excluding hydrogens is 147 g/mol. The van der Waals surface area contributed by atoms with Crippen LogP contribution in [0.2, 0.25) is 0 Å². The van der Waals surface area contributed by atoms with Gasteiger partial charge in [0.1, 0.15) is 6.17 Å². The lowest BCUT2D eigenvalue weighted by Crippen LogP contribution is -2.07. The van der Waals surface area contributed by atoms with E-state index in [1.165, 1.54) is 0 Å². The fourth-order valence-corrected chi connectivity index (χ4v) is 0.665. The van der Waals surface area contributed by atoms with E-state index >= 15 is 0 Å². The van der Waals surface area contributed by atoms with Crippen LogP contribution < -0.4 is 0 Å². The topological polar surface area (TPSA) is 29.5 Å². The summed E-state index contributed by atoms with van der Waals surface area (Å²) in [5, 5.41) is 8.31. The van der Waals surface area contributed by atoms with Crippen molar-refractivity contribution in [2.24, 2.45) is 0 Å². The molecule has 0 saturated carbocycles. The lowest BCUT2D eigenvalue weighted by atomic mass is 10.2. The fraction of sp³-hybridized carbons (Fsp3) is 0.750. The first-order chi connectivity index (χ1) is 5.31. The molecule has 0 spiro atoms. The first kappa shape index (κ1) is 10.6. The maximum absolute atomic E-state index is 12.3. The predicted molar refractivity (Wildman–Crippen MR) is 42.2 cm³/mol. The van der Waals surface area contributed by atoms with E-state index in [4.69, 9.17) is 9.84 Å². The van der Waals surface area contributed by atoms with Gasteiger partial charge in [-0.15, -0.1) is 6.58 Å². The Morgan fingerprint density at radius 1 is 1.64 bits per heavy atom. The van der Waals surface area contributed by atoms with Crippen LogP contribution in [0.4, 0.5) is 4.39 Å². The van der Waals surface area contributed by atoms with E-state index in [0.717, 1.165) is 0 Å². The molecule has 0 rings (SSSR count). The number of aliphatic hydroxyl groups is 1. The van der Waals surface area contributed by atoms with Crippen LogP contribution >= 0.6 is 0 Å². The molecule has 0 bridgehead atoms. The number of hydrogen-bond acceptors (Lipinski definition) is 2. The van der Waals surface area contributed by atoms with E-state index in [-0.39, 0.29) is 6.61 Å². The van der Waals surface area contributed by atoms with E-state index in [0.29, 0.717) is 26.1 Å². The van der Waals surface area contributed by atoms with Gasteiger partial charge in [0.05, 0.1) is 13.2 Å². The van der Waals surface area contributed by atoms with Gasteiger partial charge >= 0.3 is 0 Å². The Kier molecular flexibility index (Phi) is 7.41. The molecule has 0 saturated heterocycles. The largest absolute Gasteiger partial charge is 0.393 e. The highest BCUT2D eigenvalue weighted by molar-refractivity contribution is 4.63. The van der Waals surface area contributed by atoms with Crippen molar-refractivity contribution < 1.29 is 14.2 Å². The Labute approximate surface area is 66.7 Å². The normalized spacial score (nSPS) is 12.9. The summed E-state index contributed by atoms with van der Waals surface area (Å²) in [7, 11) is 0. The molecule has 0 heterocycles. The zero-order valence-corrected chi connectivity index (χ0v) is 6.63. The van der Waals surface area contributed by atoms with Gasteiger partial charge in [0.2, 0.25) is 0 Å². The second kappa shape index (κ2) is 7.69. The standard InChI is InChI=1S/C8H15FO2/c1-2-5-11-6-3-4-8(9)7-10/h2,8,10H,1,3-7H2. The summed E-state index contributed by atoms with van der Waals surface area (Å²) < 4.78 is 17.3. The Balaban J connectivity index is 2.95. The predicted octanol–water partition coefficient (Wildman–Crippen LogP) is 1.30. The third-order valence-corrected chi connectivity index (χ3v) is 1.24. The molecule has 0 aliphatic carbocycles. The number of ether oxygens (including phenoxy) is 1. The van der Waals surface area contributed by atoms with Crippen LogP contribution in [0, 0.1) is 0 Å². The molecule has 11 heavy (non-hydrogen) atoms. The number of aliphatic hydroxyl groups excluding tert-OH is 1. The molecule has 1 N–H and O–H groups in total. The highest BCUT2D eigenvalue weighted by Crippen LogP contribution is 2.00. The van der Waals surface area contributed by atoms with Crippen molar-refractivity contribution in [3.8, 4) is 0 Å². The summed E-state index contributed by atoms with van der Waals surface area (Å²) in [6.45, 7) is 4.13. The second-order valence-electron chi connectivity index (χ2n) is 2.29. The summed E-state index contributed by atoms with van der Waals surface area (Å²) in [6, 6.07) is 0. The van der Waals surface area contributed by atoms with Gasteiger partial charge in [-0.25, -0.2) is 4.39 Å². The third-order valence-electron chi connectivity index (χ3n) is 1.24. The minimum Gasteiger partial charge on any atom is -0.393 e. The maximum atomic E-state index is 12.3. The van der Waals surface area contributed by atoms with Gasteiger partial charge in [0.25, 0.3) is 0 Å². The van der Waals surface area contributed by atoms with Gasteiger partial charge < -0.3 is 9.84 Å². The Hall–Kier alpha value is -0.410. The van der Waals surface area contributed by atoms with Crippen molar-refractivity contribution in [1.82, 2.24) is 0 Å². The van der Waals surface area contributed by atoms with Crippen LogP contribution in [0.1, 0.15) is 12.8 Å². The minimum absolute atomic E-state index is 0.369. The van der Waals surface area contributed by atoms with Crippen LogP contribution in [-0.2, 0) is 4.74 Å². The van der Waals surface area contributed by atoms with Crippen molar-refractivity contribution in [3.05, 3.63) is 12.7 Å². The van der Waals surface area contributed by atoms with Gasteiger partial charge in [0.15, 0.2) is 0 Å². The van der Waals surface area contributed by atoms with Crippen molar-refractivity contribution in [2.75, 3.05) is 19.8 Å². The maximum Gasteiger partial charge on any atom is 0.123 e. The minimum atomic E-state index is -1.10. The third kappa shape index (κ3) is 7.49. The quantitative estimate of drug-likeness (QED) is 0.451. The number of rotatable bonds is 7. The highest BCUT2D eigenvalue weighted by Gasteiger charge is 2.02. The van der Waals surface area contributed by atoms with E-state index < -0.39 is 6.17 Å². The average molecular weight is 162 g/mol. The average Bonchev–Trinajstić information content (AvgIpc) is 2.04. The molecular formula is C8H15FO2. The lowest BCUT2D eigenvalue weighted by molar-refractivity contribution is 0.129.